The largest absolute Gasteiger partial charge is 0.366 e. The monoisotopic (exact) mass is 434 g/mol. The molecule has 168 valence electrons. The molecule has 3 heterocycles. The van der Waals surface area contributed by atoms with Crippen molar-refractivity contribution in [1.29, 1.82) is 0 Å². The number of hydrogen-bond donors (Lipinski definition) is 1. The minimum Gasteiger partial charge on any atom is -0.366 e. The molecule has 1 N–H and O–H groups in total. The second kappa shape index (κ2) is 9.30. The third-order valence-corrected chi connectivity index (χ3v) is 6.78. The Morgan fingerprint density at radius 1 is 0.875 bits per heavy atom. The number of hydrogen-bond acceptors (Lipinski definition) is 4. The number of fused-ring (bicyclic) bond motifs is 1. The summed E-state index contributed by atoms with van der Waals surface area (Å²) in [6.45, 7) is 4.35. The number of carbonyl (C=O) groups is 2. The number of piperidine rings is 1. The molecule has 0 aliphatic carbocycles. The van der Waals surface area contributed by atoms with Gasteiger partial charge in [-0.2, -0.15) is 0 Å². The molecular weight excluding hydrogens is 404 g/mol. The first kappa shape index (κ1) is 21.0. The van der Waals surface area contributed by atoms with E-state index in [1.807, 2.05) is 21.9 Å². The van der Waals surface area contributed by atoms with E-state index in [1.165, 1.54) is 11.1 Å². The number of nitrogens with one attached hydrogen (secondary N) is 1. The summed E-state index contributed by atoms with van der Waals surface area (Å²) in [6, 6.07) is 21.3. The number of ether oxygens (including phenoxy) is 1. The molecule has 2 atom stereocenters. The van der Waals surface area contributed by atoms with Gasteiger partial charge in [0.05, 0.1) is 18.2 Å². The topological polar surface area (TPSA) is 65.1 Å². The standard InChI is InChI=1S/C25H30N4O3/c30-23-18-32-22-11-12-29(17-21(22)26-23)25(31)28-15-13-27(14-16-28)24(19-7-3-1-4-8-19)20-9-5-2-6-10-20/h1-10,21-22,24H,11-18H2,(H,26,30)/t21-,22+/m1/s1. The third kappa shape index (κ3) is 4.36. The van der Waals surface area contributed by atoms with Crippen molar-refractivity contribution in [2.75, 3.05) is 45.9 Å². The summed E-state index contributed by atoms with van der Waals surface area (Å²) in [5.74, 6) is -0.0953. The van der Waals surface area contributed by atoms with Crippen LogP contribution in [0.25, 0.3) is 0 Å². The van der Waals surface area contributed by atoms with E-state index in [1.54, 1.807) is 0 Å². The van der Waals surface area contributed by atoms with Crippen LogP contribution in [0.5, 0.6) is 0 Å². The van der Waals surface area contributed by atoms with Crippen LogP contribution < -0.4 is 5.32 Å². The second-order valence-corrected chi connectivity index (χ2v) is 8.79. The molecule has 0 aromatic heterocycles. The molecule has 0 bridgehead atoms. The summed E-state index contributed by atoms with van der Waals surface area (Å²) in [4.78, 5) is 31.2. The zero-order chi connectivity index (χ0) is 21.9. The predicted octanol–water partition coefficient (Wildman–Crippen LogP) is 2.10. The molecule has 2 aromatic rings. The van der Waals surface area contributed by atoms with E-state index in [0.717, 1.165) is 19.5 Å². The summed E-state index contributed by atoms with van der Waals surface area (Å²) in [7, 11) is 0. The van der Waals surface area contributed by atoms with E-state index in [4.69, 9.17) is 4.74 Å². The van der Waals surface area contributed by atoms with Gasteiger partial charge in [0, 0.05) is 39.3 Å². The maximum atomic E-state index is 13.2. The van der Waals surface area contributed by atoms with Crippen molar-refractivity contribution in [2.24, 2.45) is 0 Å². The van der Waals surface area contributed by atoms with Crippen LogP contribution in [0.2, 0.25) is 0 Å². The fourth-order valence-electron chi connectivity index (χ4n) is 5.13. The van der Waals surface area contributed by atoms with Crippen LogP contribution in [0.1, 0.15) is 23.6 Å². The summed E-state index contributed by atoms with van der Waals surface area (Å²) < 4.78 is 5.62. The molecule has 32 heavy (non-hydrogen) atoms. The van der Waals surface area contributed by atoms with Crippen molar-refractivity contribution >= 4 is 11.9 Å². The number of benzene rings is 2. The zero-order valence-electron chi connectivity index (χ0n) is 18.2. The molecule has 2 aromatic carbocycles. The molecule has 0 unspecified atom stereocenters. The molecule has 0 radical (unpaired) electrons. The van der Waals surface area contributed by atoms with Crippen LogP contribution in [0.15, 0.2) is 60.7 Å². The number of amides is 3. The van der Waals surface area contributed by atoms with Crippen LogP contribution >= 0.6 is 0 Å². The molecule has 3 amide bonds. The molecule has 3 saturated heterocycles. The van der Waals surface area contributed by atoms with Gasteiger partial charge in [-0.05, 0) is 17.5 Å². The van der Waals surface area contributed by atoms with E-state index in [2.05, 4.69) is 58.7 Å². The van der Waals surface area contributed by atoms with Gasteiger partial charge in [-0.15, -0.1) is 0 Å². The van der Waals surface area contributed by atoms with Crippen LogP contribution in [0.3, 0.4) is 0 Å². The van der Waals surface area contributed by atoms with Crippen molar-refractivity contribution in [3.05, 3.63) is 71.8 Å². The lowest BCUT2D eigenvalue weighted by atomic mass is 9.96. The highest BCUT2D eigenvalue weighted by molar-refractivity contribution is 5.79. The Labute approximate surface area is 188 Å². The van der Waals surface area contributed by atoms with E-state index in [9.17, 15) is 9.59 Å². The average Bonchev–Trinajstić information content (AvgIpc) is 2.85. The minimum atomic E-state index is -0.101. The van der Waals surface area contributed by atoms with Gasteiger partial charge in [0.25, 0.3) is 0 Å². The van der Waals surface area contributed by atoms with Crippen molar-refractivity contribution in [3.8, 4) is 0 Å². The molecule has 0 spiro atoms. The normalized spacial score (nSPS) is 24.2. The van der Waals surface area contributed by atoms with Gasteiger partial charge in [0.2, 0.25) is 5.91 Å². The van der Waals surface area contributed by atoms with E-state index < -0.39 is 0 Å². The maximum absolute atomic E-state index is 13.2. The fourth-order valence-corrected chi connectivity index (χ4v) is 5.13. The Kier molecular flexibility index (Phi) is 6.10. The molecule has 0 saturated carbocycles. The molecular formula is C25H30N4O3. The van der Waals surface area contributed by atoms with Gasteiger partial charge in [-0.3, -0.25) is 9.69 Å². The first-order valence-corrected chi connectivity index (χ1v) is 11.5. The lowest BCUT2D eigenvalue weighted by molar-refractivity contribution is -0.139. The first-order chi connectivity index (χ1) is 15.7. The summed E-state index contributed by atoms with van der Waals surface area (Å²) in [5, 5.41) is 2.98. The van der Waals surface area contributed by atoms with Gasteiger partial charge >= 0.3 is 6.03 Å². The van der Waals surface area contributed by atoms with Crippen LogP contribution in [0, 0.1) is 0 Å². The average molecular weight is 435 g/mol. The lowest BCUT2D eigenvalue weighted by Gasteiger charge is -2.44. The minimum absolute atomic E-state index is 0.0195. The lowest BCUT2D eigenvalue weighted by Crippen LogP contribution is -2.63. The summed E-state index contributed by atoms with van der Waals surface area (Å²) >= 11 is 0. The van der Waals surface area contributed by atoms with Crippen LogP contribution in [-0.4, -0.2) is 84.7 Å². The highest BCUT2D eigenvalue weighted by Crippen LogP contribution is 2.29. The summed E-state index contributed by atoms with van der Waals surface area (Å²) in [6.07, 6.45) is 0.784. The third-order valence-electron chi connectivity index (χ3n) is 6.78. The van der Waals surface area contributed by atoms with Gasteiger partial charge < -0.3 is 19.9 Å². The number of rotatable bonds is 3. The van der Waals surface area contributed by atoms with E-state index in [0.29, 0.717) is 26.2 Å². The molecule has 7 heteroatoms. The number of morpholine rings is 1. The number of nitrogens with zero attached hydrogens (tertiary/aromatic N) is 3. The van der Waals surface area contributed by atoms with E-state index >= 15 is 0 Å². The molecule has 5 rings (SSSR count). The first-order valence-electron chi connectivity index (χ1n) is 11.5. The highest BCUT2D eigenvalue weighted by Gasteiger charge is 2.38. The number of piperazine rings is 1. The Bertz CT molecular complexity index is 891. The molecule has 3 aliphatic heterocycles. The summed E-state index contributed by atoms with van der Waals surface area (Å²) in [5.41, 5.74) is 2.54. The SMILES string of the molecule is O=C1CO[C@H]2CCN(C(=O)N3CCN(C(c4ccccc4)c4ccccc4)CC3)C[C@H]2N1. The van der Waals surface area contributed by atoms with Crippen molar-refractivity contribution < 1.29 is 14.3 Å². The highest BCUT2D eigenvalue weighted by atomic mass is 16.5. The Hall–Kier alpha value is -2.90. The van der Waals surface area contributed by atoms with Gasteiger partial charge in [0.1, 0.15) is 6.61 Å². The van der Waals surface area contributed by atoms with Crippen molar-refractivity contribution in [3.63, 3.8) is 0 Å². The van der Waals surface area contributed by atoms with E-state index in [-0.39, 0.29) is 36.7 Å². The van der Waals surface area contributed by atoms with Crippen molar-refractivity contribution in [2.45, 2.75) is 24.6 Å². The molecule has 3 fully saturated rings. The number of likely N-dealkylation sites (tertiary alicyclic amines) is 1. The number of carbonyl (C=O) groups excluding carboxylic acids is 2. The van der Waals surface area contributed by atoms with Gasteiger partial charge in [-0.1, -0.05) is 60.7 Å². The Morgan fingerprint density at radius 3 is 2.12 bits per heavy atom. The van der Waals surface area contributed by atoms with Gasteiger partial charge in [0.15, 0.2) is 0 Å². The second-order valence-electron chi connectivity index (χ2n) is 8.79. The van der Waals surface area contributed by atoms with Crippen LogP contribution in [0.4, 0.5) is 4.79 Å². The van der Waals surface area contributed by atoms with Crippen LogP contribution in [-0.2, 0) is 9.53 Å². The Morgan fingerprint density at radius 2 is 1.50 bits per heavy atom. The Balaban J connectivity index is 1.24. The quantitative estimate of drug-likeness (QED) is 0.804. The molecule has 3 aliphatic rings. The smallest absolute Gasteiger partial charge is 0.320 e. The maximum Gasteiger partial charge on any atom is 0.320 e. The predicted molar refractivity (Wildman–Crippen MR) is 121 cm³/mol. The zero-order valence-corrected chi connectivity index (χ0v) is 18.2. The molecule has 7 nitrogen and oxygen atoms in total. The van der Waals surface area contributed by atoms with Gasteiger partial charge in [-0.25, -0.2) is 4.79 Å². The fraction of sp³-hybridized carbons (Fsp3) is 0.440. The van der Waals surface area contributed by atoms with Crippen molar-refractivity contribution in [1.82, 2.24) is 20.0 Å². The number of urea groups is 1.